The lowest BCUT2D eigenvalue weighted by Gasteiger charge is -2.13. The second-order valence-electron chi connectivity index (χ2n) is 5.68. The molecular formula is C20H17NO4. The molecule has 0 spiro atoms. The van der Waals surface area contributed by atoms with E-state index in [1.165, 1.54) is 0 Å². The van der Waals surface area contributed by atoms with Crippen molar-refractivity contribution in [3.05, 3.63) is 78.0 Å². The lowest BCUT2D eigenvalue weighted by molar-refractivity contribution is -0.159. The lowest BCUT2D eigenvalue weighted by Crippen LogP contribution is -2.28. The molecular weight excluding hydrogens is 318 g/mol. The fourth-order valence-corrected chi connectivity index (χ4v) is 2.65. The van der Waals surface area contributed by atoms with Crippen LogP contribution < -0.4 is 0 Å². The molecule has 0 amide bonds. The van der Waals surface area contributed by atoms with E-state index in [-0.39, 0.29) is 13.0 Å². The summed E-state index contributed by atoms with van der Waals surface area (Å²) in [5.74, 6) is -3.19. The summed E-state index contributed by atoms with van der Waals surface area (Å²) < 4.78 is 5.20. The van der Waals surface area contributed by atoms with Crippen molar-refractivity contribution in [1.29, 1.82) is 0 Å². The van der Waals surface area contributed by atoms with Gasteiger partial charge in [-0.05, 0) is 29.7 Å². The second kappa shape index (κ2) is 7.57. The minimum absolute atomic E-state index is 0.0561. The summed E-state index contributed by atoms with van der Waals surface area (Å²) in [6, 6.07) is 18.3. The Labute approximate surface area is 144 Å². The zero-order valence-electron chi connectivity index (χ0n) is 13.5. The topological polar surface area (TPSA) is 76.5 Å². The molecule has 0 unspecified atom stereocenters. The van der Waals surface area contributed by atoms with Gasteiger partial charge in [-0.25, -0.2) is 0 Å². The summed E-state index contributed by atoms with van der Waals surface area (Å²) in [4.78, 5) is 28.1. The van der Waals surface area contributed by atoms with Crippen molar-refractivity contribution in [1.82, 2.24) is 4.98 Å². The predicted molar refractivity (Wildman–Crippen MR) is 92.8 cm³/mol. The lowest BCUT2D eigenvalue weighted by atomic mass is 9.97. The third kappa shape index (κ3) is 4.01. The quantitative estimate of drug-likeness (QED) is 0.553. The molecule has 1 atom stereocenters. The van der Waals surface area contributed by atoms with Crippen LogP contribution in [-0.2, 0) is 27.4 Å². The number of rotatable bonds is 6. The molecule has 0 aliphatic rings. The van der Waals surface area contributed by atoms with E-state index >= 15 is 0 Å². The number of hydrogen-bond acceptors (Lipinski definition) is 4. The number of carboxylic acid groups (broad SMARTS) is 1. The average molecular weight is 335 g/mol. The highest BCUT2D eigenvalue weighted by molar-refractivity contribution is 5.95. The molecule has 0 saturated carbocycles. The molecule has 2 aromatic carbocycles. The SMILES string of the molecule is O=C(O)[C@H](Cc1ccnc2ccccc12)C(=O)OCc1ccccc1. The minimum Gasteiger partial charge on any atom is -0.481 e. The first-order chi connectivity index (χ1) is 12.1. The molecule has 126 valence electrons. The van der Waals surface area contributed by atoms with E-state index in [2.05, 4.69) is 4.98 Å². The fraction of sp³-hybridized carbons (Fsp3) is 0.150. The third-order valence-corrected chi connectivity index (χ3v) is 3.97. The highest BCUT2D eigenvalue weighted by atomic mass is 16.5. The van der Waals surface area contributed by atoms with Gasteiger partial charge in [0, 0.05) is 11.6 Å². The zero-order valence-corrected chi connectivity index (χ0v) is 13.5. The van der Waals surface area contributed by atoms with Gasteiger partial charge < -0.3 is 9.84 Å². The number of nitrogens with zero attached hydrogens (tertiary/aromatic N) is 1. The number of carbonyl (C=O) groups is 2. The zero-order chi connectivity index (χ0) is 17.6. The van der Waals surface area contributed by atoms with E-state index in [9.17, 15) is 14.7 Å². The van der Waals surface area contributed by atoms with E-state index in [1.54, 1.807) is 12.3 Å². The van der Waals surface area contributed by atoms with Gasteiger partial charge in [-0.3, -0.25) is 14.6 Å². The number of pyridine rings is 1. The Morgan fingerprint density at radius 1 is 1.00 bits per heavy atom. The van der Waals surface area contributed by atoms with Crippen molar-refractivity contribution in [3.8, 4) is 0 Å². The maximum atomic E-state index is 12.3. The van der Waals surface area contributed by atoms with Crippen LogP contribution in [0.4, 0.5) is 0 Å². The Bertz CT molecular complexity index is 887. The van der Waals surface area contributed by atoms with Gasteiger partial charge in [0.15, 0.2) is 5.92 Å². The Hall–Kier alpha value is -3.21. The monoisotopic (exact) mass is 335 g/mol. The number of aliphatic carboxylic acids is 1. The first-order valence-electron chi connectivity index (χ1n) is 7.91. The number of carboxylic acids is 1. The maximum absolute atomic E-state index is 12.3. The van der Waals surface area contributed by atoms with Crippen molar-refractivity contribution < 1.29 is 19.4 Å². The maximum Gasteiger partial charge on any atom is 0.320 e. The van der Waals surface area contributed by atoms with Crippen LogP contribution in [0.5, 0.6) is 0 Å². The van der Waals surface area contributed by atoms with Crippen LogP contribution in [-0.4, -0.2) is 22.0 Å². The molecule has 0 aliphatic heterocycles. The van der Waals surface area contributed by atoms with Crippen molar-refractivity contribution in [2.75, 3.05) is 0 Å². The van der Waals surface area contributed by atoms with Crippen LogP contribution in [0.2, 0.25) is 0 Å². The number of aromatic nitrogens is 1. The standard InChI is InChI=1S/C20H17NO4/c22-19(23)17(20(24)25-13-14-6-2-1-3-7-14)12-15-10-11-21-18-9-5-4-8-16(15)18/h1-11,17H,12-13H2,(H,22,23)/t17-/m0/s1. The molecule has 5 nitrogen and oxygen atoms in total. The van der Waals surface area contributed by atoms with Gasteiger partial charge >= 0.3 is 11.9 Å². The van der Waals surface area contributed by atoms with Crippen LogP contribution in [0.25, 0.3) is 10.9 Å². The fourth-order valence-electron chi connectivity index (χ4n) is 2.65. The molecule has 25 heavy (non-hydrogen) atoms. The van der Waals surface area contributed by atoms with Gasteiger partial charge in [0.25, 0.3) is 0 Å². The molecule has 0 aliphatic carbocycles. The molecule has 1 heterocycles. The summed E-state index contributed by atoms with van der Waals surface area (Å²) >= 11 is 0. The van der Waals surface area contributed by atoms with Crippen LogP contribution in [0.1, 0.15) is 11.1 Å². The van der Waals surface area contributed by atoms with Crippen LogP contribution in [0.3, 0.4) is 0 Å². The largest absolute Gasteiger partial charge is 0.481 e. The first kappa shape index (κ1) is 16.6. The smallest absolute Gasteiger partial charge is 0.320 e. The number of fused-ring (bicyclic) bond motifs is 1. The summed E-state index contributed by atoms with van der Waals surface area (Å²) in [6.07, 6.45) is 1.68. The van der Waals surface area contributed by atoms with Crippen LogP contribution in [0.15, 0.2) is 66.9 Å². The number of para-hydroxylation sites is 1. The number of ether oxygens (including phenoxy) is 1. The Morgan fingerprint density at radius 2 is 1.72 bits per heavy atom. The van der Waals surface area contributed by atoms with Gasteiger partial charge in [0.05, 0.1) is 5.52 Å². The third-order valence-electron chi connectivity index (χ3n) is 3.97. The molecule has 0 bridgehead atoms. The molecule has 3 aromatic rings. The molecule has 1 N–H and O–H groups in total. The van der Waals surface area contributed by atoms with E-state index < -0.39 is 17.9 Å². The number of carbonyl (C=O) groups excluding carboxylic acids is 1. The van der Waals surface area contributed by atoms with Crippen LogP contribution in [0, 0.1) is 5.92 Å². The summed E-state index contributed by atoms with van der Waals surface area (Å²) in [5.41, 5.74) is 2.34. The Balaban J connectivity index is 1.76. The normalized spacial score (nSPS) is 11.8. The number of benzene rings is 2. The van der Waals surface area contributed by atoms with Crippen molar-refractivity contribution in [2.24, 2.45) is 5.92 Å². The average Bonchev–Trinajstić information content (AvgIpc) is 2.65. The molecule has 0 fully saturated rings. The van der Waals surface area contributed by atoms with Gasteiger partial charge in [-0.1, -0.05) is 48.5 Å². The minimum atomic E-state index is -1.26. The summed E-state index contributed by atoms with van der Waals surface area (Å²) in [5, 5.41) is 10.3. The summed E-state index contributed by atoms with van der Waals surface area (Å²) in [6.45, 7) is 0.0561. The van der Waals surface area contributed by atoms with Crippen molar-refractivity contribution in [2.45, 2.75) is 13.0 Å². The number of esters is 1. The number of hydrogen-bond donors (Lipinski definition) is 1. The predicted octanol–water partition coefficient (Wildman–Crippen LogP) is 3.22. The molecule has 3 rings (SSSR count). The summed E-state index contributed by atoms with van der Waals surface area (Å²) in [7, 11) is 0. The highest BCUT2D eigenvalue weighted by Gasteiger charge is 2.28. The van der Waals surface area contributed by atoms with Crippen molar-refractivity contribution in [3.63, 3.8) is 0 Å². The molecule has 1 aromatic heterocycles. The van der Waals surface area contributed by atoms with Gasteiger partial charge in [0.2, 0.25) is 0 Å². The van der Waals surface area contributed by atoms with Gasteiger partial charge in [-0.2, -0.15) is 0 Å². The first-order valence-corrected chi connectivity index (χ1v) is 7.91. The van der Waals surface area contributed by atoms with Crippen molar-refractivity contribution >= 4 is 22.8 Å². The molecule has 0 radical (unpaired) electrons. The van der Waals surface area contributed by atoms with E-state index in [0.29, 0.717) is 0 Å². The highest BCUT2D eigenvalue weighted by Crippen LogP contribution is 2.20. The van der Waals surface area contributed by atoms with E-state index in [4.69, 9.17) is 4.74 Å². The Morgan fingerprint density at radius 3 is 2.48 bits per heavy atom. The second-order valence-corrected chi connectivity index (χ2v) is 5.68. The van der Waals surface area contributed by atoms with E-state index in [1.807, 2.05) is 54.6 Å². The van der Waals surface area contributed by atoms with Gasteiger partial charge in [-0.15, -0.1) is 0 Å². The molecule has 5 heteroatoms. The molecule has 0 saturated heterocycles. The van der Waals surface area contributed by atoms with Gasteiger partial charge in [0.1, 0.15) is 6.61 Å². The Kier molecular flexibility index (Phi) is 5.04. The van der Waals surface area contributed by atoms with E-state index in [0.717, 1.165) is 22.0 Å². The van der Waals surface area contributed by atoms with Crippen LogP contribution >= 0.6 is 0 Å².